The lowest BCUT2D eigenvalue weighted by atomic mass is 9.86. The molecule has 1 saturated heterocycles. The van der Waals surface area contributed by atoms with Crippen molar-refractivity contribution in [3.8, 4) is 0 Å². The molecule has 0 N–H and O–H groups in total. The average molecular weight is 357 g/mol. The van der Waals surface area contributed by atoms with Crippen molar-refractivity contribution in [2.45, 2.75) is 45.6 Å². The molecule has 26 heavy (non-hydrogen) atoms. The van der Waals surface area contributed by atoms with Crippen LogP contribution in [0.4, 0.5) is 0 Å². The Kier molecular flexibility index (Phi) is 6.04. The van der Waals surface area contributed by atoms with Gasteiger partial charge in [0.2, 0.25) is 11.8 Å². The van der Waals surface area contributed by atoms with Crippen molar-refractivity contribution in [1.82, 2.24) is 15.0 Å². The summed E-state index contributed by atoms with van der Waals surface area (Å²) in [5, 5.41) is 3.76. The van der Waals surface area contributed by atoms with Crippen LogP contribution in [0, 0.1) is 19.8 Å². The van der Waals surface area contributed by atoms with Crippen molar-refractivity contribution >= 4 is 5.91 Å². The summed E-state index contributed by atoms with van der Waals surface area (Å²) in [4.78, 5) is 18.6. The quantitative estimate of drug-likeness (QED) is 0.795. The summed E-state index contributed by atoms with van der Waals surface area (Å²) in [6.07, 6.45) is 2.89. The minimum atomic E-state index is 0.0676. The van der Waals surface area contributed by atoms with Gasteiger partial charge in [0.25, 0.3) is 0 Å². The molecule has 6 heteroatoms. The van der Waals surface area contributed by atoms with Crippen molar-refractivity contribution in [2.24, 2.45) is 5.92 Å². The minimum Gasteiger partial charge on any atom is -0.379 e. The molecule has 0 bridgehead atoms. The highest BCUT2D eigenvalue weighted by molar-refractivity contribution is 5.76. The van der Waals surface area contributed by atoms with E-state index >= 15 is 0 Å². The van der Waals surface area contributed by atoms with Gasteiger partial charge in [0.05, 0.1) is 6.10 Å². The average Bonchev–Trinajstić information content (AvgIpc) is 3.07. The molecular weight excluding hydrogens is 330 g/mol. The van der Waals surface area contributed by atoms with Crippen LogP contribution in [0.15, 0.2) is 28.8 Å². The van der Waals surface area contributed by atoms with E-state index in [0.29, 0.717) is 37.0 Å². The fourth-order valence-corrected chi connectivity index (χ4v) is 3.63. The monoisotopic (exact) mass is 357 g/mol. The van der Waals surface area contributed by atoms with E-state index in [1.165, 1.54) is 11.1 Å². The first-order valence-corrected chi connectivity index (χ1v) is 9.21. The molecule has 0 saturated carbocycles. The van der Waals surface area contributed by atoms with Crippen LogP contribution < -0.4 is 0 Å². The fourth-order valence-electron chi connectivity index (χ4n) is 3.63. The highest BCUT2D eigenvalue weighted by Gasteiger charge is 2.31. The van der Waals surface area contributed by atoms with Crippen LogP contribution in [-0.4, -0.2) is 47.3 Å². The molecule has 3 rings (SSSR count). The van der Waals surface area contributed by atoms with Gasteiger partial charge in [0.1, 0.15) is 0 Å². The Bertz CT molecular complexity index is 743. The number of hydrogen-bond acceptors (Lipinski definition) is 5. The first-order chi connectivity index (χ1) is 12.6. The lowest BCUT2D eigenvalue weighted by molar-refractivity contribution is -0.136. The van der Waals surface area contributed by atoms with Gasteiger partial charge in [-0.05, 0) is 43.7 Å². The zero-order chi connectivity index (χ0) is 18.5. The number of carbonyl (C=O) groups is 1. The van der Waals surface area contributed by atoms with Crippen LogP contribution in [0.1, 0.15) is 35.7 Å². The number of rotatable bonds is 6. The topological polar surface area (TPSA) is 68.5 Å². The lowest BCUT2D eigenvalue weighted by Gasteiger charge is -2.38. The van der Waals surface area contributed by atoms with Crippen molar-refractivity contribution < 1.29 is 14.1 Å². The molecule has 1 amide bonds. The Balaban J connectivity index is 1.55. The molecule has 1 aromatic heterocycles. The maximum Gasteiger partial charge on any atom is 0.227 e. The van der Waals surface area contributed by atoms with Crippen LogP contribution in [0.5, 0.6) is 0 Å². The molecule has 2 atom stereocenters. The van der Waals surface area contributed by atoms with Gasteiger partial charge in [0.15, 0.2) is 5.82 Å². The van der Waals surface area contributed by atoms with Gasteiger partial charge in [-0.25, -0.2) is 0 Å². The van der Waals surface area contributed by atoms with Crippen molar-refractivity contribution in [3.05, 3.63) is 47.1 Å². The third-order valence-electron chi connectivity index (χ3n) is 5.22. The number of benzene rings is 1. The molecule has 6 nitrogen and oxygen atoms in total. The number of nitrogens with zero attached hydrogens (tertiary/aromatic N) is 3. The molecule has 0 radical (unpaired) electrons. The summed E-state index contributed by atoms with van der Waals surface area (Å²) in [6, 6.07) is 8.49. The highest BCUT2D eigenvalue weighted by atomic mass is 16.5. The predicted octanol–water partition coefficient (Wildman–Crippen LogP) is 2.73. The number of ether oxygens (including phenoxy) is 1. The molecular formula is C20H27N3O3. The molecule has 1 aliphatic heterocycles. The fraction of sp³-hybridized carbons (Fsp3) is 0.550. The van der Waals surface area contributed by atoms with E-state index in [9.17, 15) is 4.79 Å². The Morgan fingerprint density at radius 2 is 2.15 bits per heavy atom. The zero-order valence-corrected chi connectivity index (χ0v) is 15.8. The number of piperidine rings is 1. The molecule has 2 aromatic rings. The van der Waals surface area contributed by atoms with Crippen LogP contribution in [0.2, 0.25) is 0 Å². The van der Waals surface area contributed by atoms with Gasteiger partial charge in [-0.1, -0.05) is 29.4 Å². The molecule has 1 aliphatic rings. The Morgan fingerprint density at radius 1 is 1.35 bits per heavy atom. The second-order valence-corrected chi connectivity index (χ2v) is 7.03. The van der Waals surface area contributed by atoms with E-state index in [-0.39, 0.29) is 12.0 Å². The third-order valence-corrected chi connectivity index (χ3v) is 5.22. The molecule has 2 heterocycles. The van der Waals surface area contributed by atoms with E-state index in [0.717, 1.165) is 19.4 Å². The minimum absolute atomic E-state index is 0.0676. The van der Waals surface area contributed by atoms with Crippen molar-refractivity contribution in [3.63, 3.8) is 0 Å². The summed E-state index contributed by atoms with van der Waals surface area (Å²) in [6.45, 7) is 5.35. The van der Waals surface area contributed by atoms with E-state index in [1.54, 1.807) is 14.0 Å². The first kappa shape index (κ1) is 18.6. The van der Waals surface area contributed by atoms with E-state index in [2.05, 4.69) is 41.3 Å². The maximum absolute atomic E-state index is 12.5. The SMILES string of the molecule is CO[C@@H]1CN(C(=O)CCc2nc(C)no2)CC[C@@H]1Cc1ccccc1C. The molecule has 1 fully saturated rings. The summed E-state index contributed by atoms with van der Waals surface area (Å²) >= 11 is 0. The van der Waals surface area contributed by atoms with Crippen LogP contribution in [0.25, 0.3) is 0 Å². The van der Waals surface area contributed by atoms with Crippen LogP contribution in [-0.2, 0) is 22.4 Å². The van der Waals surface area contributed by atoms with Gasteiger partial charge in [0, 0.05) is 33.0 Å². The lowest BCUT2D eigenvalue weighted by Crippen LogP contribution is -2.48. The summed E-state index contributed by atoms with van der Waals surface area (Å²) in [5.41, 5.74) is 2.68. The Hall–Kier alpha value is -2.21. The number of aromatic nitrogens is 2. The van der Waals surface area contributed by atoms with Gasteiger partial charge < -0.3 is 14.2 Å². The molecule has 0 unspecified atom stereocenters. The summed E-state index contributed by atoms with van der Waals surface area (Å²) < 4.78 is 10.8. The Labute approximate surface area is 154 Å². The summed E-state index contributed by atoms with van der Waals surface area (Å²) in [7, 11) is 1.74. The number of methoxy groups -OCH3 is 1. The van der Waals surface area contributed by atoms with Crippen molar-refractivity contribution in [1.29, 1.82) is 0 Å². The first-order valence-electron chi connectivity index (χ1n) is 9.21. The molecule has 140 valence electrons. The summed E-state index contributed by atoms with van der Waals surface area (Å²) in [5.74, 6) is 1.68. The standard InChI is InChI=1S/C20H27N3O3/c1-14-6-4-5-7-16(14)12-17-10-11-23(13-18(17)25-3)20(24)9-8-19-21-15(2)22-26-19/h4-7,17-18H,8-13H2,1-3H3/t17-,18-/m1/s1. The van der Waals surface area contributed by atoms with Crippen molar-refractivity contribution in [2.75, 3.05) is 20.2 Å². The predicted molar refractivity (Wildman–Crippen MR) is 97.7 cm³/mol. The van der Waals surface area contributed by atoms with Gasteiger partial charge in [-0.2, -0.15) is 4.98 Å². The normalized spacial score (nSPS) is 20.3. The van der Waals surface area contributed by atoms with Crippen LogP contribution >= 0.6 is 0 Å². The number of aryl methyl sites for hydroxylation is 3. The number of carbonyl (C=O) groups excluding carboxylic acids is 1. The van der Waals surface area contributed by atoms with E-state index in [4.69, 9.17) is 9.26 Å². The maximum atomic E-state index is 12.5. The molecule has 0 aliphatic carbocycles. The van der Waals surface area contributed by atoms with E-state index < -0.39 is 0 Å². The van der Waals surface area contributed by atoms with Gasteiger partial charge in [-0.15, -0.1) is 0 Å². The van der Waals surface area contributed by atoms with E-state index in [1.807, 2.05) is 4.90 Å². The van der Waals surface area contributed by atoms with Gasteiger partial charge in [-0.3, -0.25) is 4.79 Å². The van der Waals surface area contributed by atoms with Gasteiger partial charge >= 0.3 is 0 Å². The smallest absolute Gasteiger partial charge is 0.227 e. The third kappa shape index (κ3) is 4.49. The number of likely N-dealkylation sites (tertiary alicyclic amines) is 1. The number of amides is 1. The molecule has 0 spiro atoms. The van der Waals surface area contributed by atoms with Crippen LogP contribution in [0.3, 0.4) is 0 Å². The largest absolute Gasteiger partial charge is 0.379 e. The zero-order valence-electron chi connectivity index (χ0n) is 15.8. The second kappa shape index (κ2) is 8.45. The number of hydrogen-bond donors (Lipinski definition) is 0. The highest BCUT2D eigenvalue weighted by Crippen LogP contribution is 2.26. The molecule has 1 aromatic carbocycles. The Morgan fingerprint density at radius 3 is 2.85 bits per heavy atom. The second-order valence-electron chi connectivity index (χ2n) is 7.03.